The molecule has 1 saturated heterocycles. The Balaban J connectivity index is 1.05. The quantitative estimate of drug-likeness (QED) is 0.261. The minimum atomic E-state index is 0.190. The molecule has 2 aromatic carbocycles. The molecular formula is C31H25N5O3. The number of furan rings is 1. The molecule has 1 atom stereocenters. The van der Waals surface area contributed by atoms with Crippen LogP contribution in [0.3, 0.4) is 0 Å². The van der Waals surface area contributed by atoms with Crippen molar-refractivity contribution in [3.8, 4) is 33.8 Å². The highest BCUT2D eigenvalue weighted by Gasteiger charge is 2.27. The summed E-state index contributed by atoms with van der Waals surface area (Å²) >= 11 is 0. The van der Waals surface area contributed by atoms with E-state index in [0.717, 1.165) is 82.5 Å². The summed E-state index contributed by atoms with van der Waals surface area (Å²) in [6.07, 6.45) is 7.39. The molecule has 1 N–H and O–H groups in total. The van der Waals surface area contributed by atoms with Gasteiger partial charge in [-0.1, -0.05) is 36.4 Å². The van der Waals surface area contributed by atoms with E-state index in [2.05, 4.69) is 55.6 Å². The number of likely N-dealkylation sites (tertiary alicyclic amines) is 1. The second kappa shape index (κ2) is 8.96. The number of H-pyrrole nitrogens is 1. The summed E-state index contributed by atoms with van der Waals surface area (Å²) in [6, 6.07) is 20.5. The monoisotopic (exact) mass is 515 g/mol. The molecule has 0 spiro atoms. The summed E-state index contributed by atoms with van der Waals surface area (Å²) in [4.78, 5) is 2.42. The third kappa shape index (κ3) is 3.83. The van der Waals surface area contributed by atoms with Gasteiger partial charge < -0.3 is 13.3 Å². The number of nitrogens with zero attached hydrogens (tertiary/aromatic N) is 4. The topological polar surface area (TPSA) is 97.1 Å². The second-order valence-electron chi connectivity index (χ2n) is 10.3. The third-order valence-corrected chi connectivity index (χ3v) is 7.86. The van der Waals surface area contributed by atoms with Crippen molar-refractivity contribution in [2.45, 2.75) is 25.3 Å². The van der Waals surface area contributed by atoms with E-state index in [-0.39, 0.29) is 5.92 Å². The van der Waals surface area contributed by atoms with Gasteiger partial charge in [0.05, 0.1) is 36.8 Å². The van der Waals surface area contributed by atoms with E-state index in [1.807, 2.05) is 36.6 Å². The number of fused-ring (bicyclic) bond motifs is 3. The Morgan fingerprint density at radius 3 is 2.87 bits per heavy atom. The van der Waals surface area contributed by atoms with E-state index in [9.17, 15) is 0 Å². The number of piperidine rings is 1. The predicted octanol–water partition coefficient (Wildman–Crippen LogP) is 7.10. The molecule has 1 aliphatic carbocycles. The maximum atomic E-state index is 6.27. The molecule has 3 aromatic heterocycles. The van der Waals surface area contributed by atoms with Crippen LogP contribution in [0.2, 0.25) is 0 Å². The molecule has 8 heteroatoms. The molecule has 5 heterocycles. The maximum absolute atomic E-state index is 6.27. The van der Waals surface area contributed by atoms with Gasteiger partial charge >= 0.3 is 0 Å². The first-order chi connectivity index (χ1) is 19.3. The van der Waals surface area contributed by atoms with Crippen molar-refractivity contribution in [1.82, 2.24) is 25.3 Å². The van der Waals surface area contributed by atoms with Crippen LogP contribution in [0.1, 0.15) is 30.4 Å². The summed E-state index contributed by atoms with van der Waals surface area (Å²) in [5.41, 5.74) is 5.93. The van der Waals surface area contributed by atoms with Crippen LogP contribution in [-0.4, -0.2) is 38.4 Å². The lowest BCUT2D eigenvalue weighted by Gasteiger charge is -2.30. The van der Waals surface area contributed by atoms with Crippen LogP contribution in [-0.2, 0) is 6.54 Å². The Hall–Kier alpha value is -4.69. The van der Waals surface area contributed by atoms with Gasteiger partial charge in [0, 0.05) is 39.4 Å². The lowest BCUT2D eigenvalue weighted by atomic mass is 9.98. The van der Waals surface area contributed by atoms with Gasteiger partial charge in [-0.2, -0.15) is 5.10 Å². The highest BCUT2D eigenvalue weighted by atomic mass is 16.4. The highest BCUT2D eigenvalue weighted by Crippen LogP contribution is 2.39. The minimum Gasteiger partial charge on any atom is -0.472 e. The Morgan fingerprint density at radius 1 is 0.923 bits per heavy atom. The SMILES string of the molecule is c1ccc2c(CN3CCC[C@@H](c4nnc(-c5ccc6[nH]nc(-c7ccc8coccc7-8)c6c5)o4)C3)occ2c1. The van der Waals surface area contributed by atoms with Crippen molar-refractivity contribution >= 4 is 21.7 Å². The summed E-state index contributed by atoms with van der Waals surface area (Å²) in [7, 11) is 0. The number of aromatic amines is 1. The molecule has 5 aromatic rings. The first-order valence-corrected chi connectivity index (χ1v) is 13.2. The van der Waals surface area contributed by atoms with Gasteiger partial charge in [0.2, 0.25) is 11.8 Å². The average Bonchev–Trinajstić information content (AvgIpc) is 3.78. The van der Waals surface area contributed by atoms with Crippen LogP contribution >= 0.6 is 0 Å². The standard InChI is InChI=1S/C31H25N5O3/c1-2-6-24-21(4-1)18-38-28(24)16-36-12-3-5-20(15-36)31-35-34-30(39-31)19-8-10-27-26(14-19)29(33-32-27)25-9-7-22-17-37-13-11-23(22)25/h1-2,4,6-11,13-14,17-18,20H,3,5,12,15-16H2,(H,32,33)/t20-/m1/s1. The molecule has 0 radical (unpaired) electrons. The first-order valence-electron chi connectivity index (χ1n) is 13.2. The molecule has 8 nitrogen and oxygen atoms in total. The number of rotatable bonds is 5. The fourth-order valence-electron chi connectivity index (χ4n) is 5.87. The van der Waals surface area contributed by atoms with Crippen LogP contribution in [0.5, 0.6) is 0 Å². The summed E-state index contributed by atoms with van der Waals surface area (Å²) < 4.78 is 17.5. The number of benzene rings is 2. The van der Waals surface area contributed by atoms with Gasteiger partial charge in [-0.15, -0.1) is 10.2 Å². The van der Waals surface area contributed by atoms with E-state index in [1.54, 1.807) is 12.5 Å². The molecule has 0 amide bonds. The van der Waals surface area contributed by atoms with E-state index in [1.165, 1.54) is 5.39 Å². The maximum Gasteiger partial charge on any atom is 0.247 e. The Labute approximate surface area is 223 Å². The van der Waals surface area contributed by atoms with Crippen LogP contribution in [0, 0.1) is 0 Å². The zero-order chi connectivity index (χ0) is 25.8. The van der Waals surface area contributed by atoms with E-state index >= 15 is 0 Å². The molecular weight excluding hydrogens is 490 g/mol. The highest BCUT2D eigenvalue weighted by molar-refractivity contribution is 5.99. The first kappa shape index (κ1) is 22.3. The molecule has 0 unspecified atom stereocenters. The van der Waals surface area contributed by atoms with Crippen molar-refractivity contribution in [3.63, 3.8) is 0 Å². The number of hydrogen-bond acceptors (Lipinski definition) is 7. The van der Waals surface area contributed by atoms with E-state index < -0.39 is 0 Å². The minimum absolute atomic E-state index is 0.190. The lowest BCUT2D eigenvalue weighted by molar-refractivity contribution is 0.175. The van der Waals surface area contributed by atoms with Crippen molar-refractivity contribution in [2.24, 2.45) is 0 Å². The van der Waals surface area contributed by atoms with Gasteiger partial charge in [0.1, 0.15) is 11.5 Å². The van der Waals surface area contributed by atoms with Crippen LogP contribution < -0.4 is 0 Å². The fourth-order valence-corrected chi connectivity index (χ4v) is 5.87. The number of aromatic nitrogens is 4. The van der Waals surface area contributed by atoms with Crippen molar-refractivity contribution in [2.75, 3.05) is 13.1 Å². The molecule has 0 bridgehead atoms. The van der Waals surface area contributed by atoms with Crippen LogP contribution in [0.4, 0.5) is 0 Å². The fraction of sp³-hybridized carbons (Fsp3) is 0.194. The molecule has 0 saturated carbocycles. The van der Waals surface area contributed by atoms with Crippen LogP contribution in [0.25, 0.3) is 55.5 Å². The van der Waals surface area contributed by atoms with Crippen molar-refractivity contribution in [3.05, 3.63) is 91.1 Å². The molecule has 2 aliphatic heterocycles. The zero-order valence-electron chi connectivity index (χ0n) is 21.1. The number of hydrogen-bond donors (Lipinski definition) is 1. The predicted molar refractivity (Wildman–Crippen MR) is 147 cm³/mol. The summed E-state index contributed by atoms with van der Waals surface area (Å²) in [6.45, 7) is 2.66. The Bertz CT molecular complexity index is 1890. The zero-order valence-corrected chi connectivity index (χ0v) is 21.1. The van der Waals surface area contributed by atoms with Gasteiger partial charge in [0.15, 0.2) is 0 Å². The van der Waals surface area contributed by atoms with Crippen molar-refractivity contribution < 1.29 is 13.3 Å². The van der Waals surface area contributed by atoms with E-state index in [4.69, 9.17) is 13.3 Å². The molecule has 39 heavy (non-hydrogen) atoms. The van der Waals surface area contributed by atoms with Crippen LogP contribution in [0.15, 0.2) is 92.7 Å². The normalized spacial score (nSPS) is 16.6. The van der Waals surface area contributed by atoms with Gasteiger partial charge in [-0.25, -0.2) is 0 Å². The molecule has 8 rings (SSSR count). The second-order valence-corrected chi connectivity index (χ2v) is 10.3. The molecule has 1 fully saturated rings. The smallest absolute Gasteiger partial charge is 0.247 e. The number of nitrogens with one attached hydrogen (secondary N) is 1. The van der Waals surface area contributed by atoms with E-state index in [0.29, 0.717) is 11.8 Å². The van der Waals surface area contributed by atoms with Gasteiger partial charge in [-0.3, -0.25) is 10.00 Å². The van der Waals surface area contributed by atoms with Crippen molar-refractivity contribution in [1.29, 1.82) is 0 Å². The molecule has 3 aliphatic rings. The largest absolute Gasteiger partial charge is 0.472 e. The Kier molecular flexibility index (Phi) is 5.12. The average molecular weight is 516 g/mol. The lowest BCUT2D eigenvalue weighted by Crippen LogP contribution is -2.33. The molecule has 192 valence electrons. The Morgan fingerprint density at radius 2 is 1.87 bits per heavy atom. The summed E-state index contributed by atoms with van der Waals surface area (Å²) in [5.74, 6) is 2.42. The van der Waals surface area contributed by atoms with Gasteiger partial charge in [-0.05, 0) is 49.2 Å². The van der Waals surface area contributed by atoms with Gasteiger partial charge in [0.25, 0.3) is 0 Å². The third-order valence-electron chi connectivity index (χ3n) is 7.86. The summed E-state index contributed by atoms with van der Waals surface area (Å²) in [5, 5.41) is 20.0.